The second-order valence-electron chi connectivity index (χ2n) is 6.31. The molecule has 0 amide bonds. The average Bonchev–Trinajstić information content (AvgIpc) is 2.38. The number of nitrogens with zero attached hydrogens (tertiary/aromatic N) is 1. The molecule has 0 radical (unpaired) electrons. The summed E-state index contributed by atoms with van der Waals surface area (Å²) in [5.74, 6) is 1.31. The average molecular weight is 245 g/mol. The molecule has 0 bridgehead atoms. The molecule has 100 valence electrons. The second-order valence-corrected chi connectivity index (χ2v) is 6.31. The molecule has 2 rings (SSSR count). The van der Waals surface area contributed by atoms with Crippen LogP contribution in [-0.4, -0.2) is 0 Å². The molecule has 3 atom stereocenters. The van der Waals surface area contributed by atoms with E-state index >= 15 is 0 Å². The Morgan fingerprint density at radius 2 is 2.11 bits per heavy atom. The smallest absolute Gasteiger partial charge is 0.0696 e. The van der Waals surface area contributed by atoms with Gasteiger partial charge in [-0.15, -0.1) is 0 Å². The minimum atomic E-state index is -0.0350. The Hall–Kier alpha value is -0.770. The van der Waals surface area contributed by atoms with Crippen molar-refractivity contribution in [2.45, 2.75) is 71.1 Å². The van der Waals surface area contributed by atoms with Gasteiger partial charge >= 0.3 is 0 Å². The van der Waals surface area contributed by atoms with Crippen molar-refractivity contribution in [3.63, 3.8) is 0 Å². The van der Waals surface area contributed by atoms with Crippen LogP contribution in [0.1, 0.15) is 71.1 Å². The number of nitriles is 1. The lowest BCUT2D eigenvalue weighted by molar-refractivity contribution is 0.137. The molecule has 18 heavy (non-hydrogen) atoms. The summed E-state index contributed by atoms with van der Waals surface area (Å²) in [6, 6.07) is 2.75. The van der Waals surface area contributed by atoms with E-state index in [1.54, 1.807) is 0 Å². The van der Waals surface area contributed by atoms with E-state index in [9.17, 15) is 5.26 Å². The van der Waals surface area contributed by atoms with E-state index in [0.29, 0.717) is 5.92 Å². The molecular weight excluding hydrogens is 218 g/mol. The highest BCUT2D eigenvalue weighted by molar-refractivity contribution is 5.11. The molecule has 0 heterocycles. The maximum Gasteiger partial charge on any atom is 0.0696 e. The first-order valence-corrected chi connectivity index (χ1v) is 7.88. The maximum absolute atomic E-state index is 9.79. The molecule has 0 saturated heterocycles. The van der Waals surface area contributed by atoms with Crippen LogP contribution in [-0.2, 0) is 0 Å². The maximum atomic E-state index is 9.79. The third kappa shape index (κ3) is 2.97. The summed E-state index contributed by atoms with van der Waals surface area (Å²) in [6.07, 6.45) is 17.3. The Kier molecular flexibility index (Phi) is 4.87. The summed E-state index contributed by atoms with van der Waals surface area (Å²) in [6.45, 7) is 2.28. The van der Waals surface area contributed by atoms with Gasteiger partial charge in [0.2, 0.25) is 0 Å². The standard InChI is InChI=1S/C17H27N/c1-2-15-9-8-12-17(13-15,14-18)16-10-6-4-3-5-7-11-16/h6,10,15-16H,2-5,7-9,11-13H2,1H3/b10-6+. The Labute approximate surface area is 112 Å². The summed E-state index contributed by atoms with van der Waals surface area (Å²) in [5, 5.41) is 9.79. The summed E-state index contributed by atoms with van der Waals surface area (Å²) < 4.78 is 0. The fraction of sp³-hybridized carbons (Fsp3) is 0.824. The van der Waals surface area contributed by atoms with Gasteiger partial charge in [0.15, 0.2) is 0 Å². The summed E-state index contributed by atoms with van der Waals surface area (Å²) >= 11 is 0. The van der Waals surface area contributed by atoms with Gasteiger partial charge in [-0.05, 0) is 43.9 Å². The Balaban J connectivity index is 2.14. The third-order valence-electron chi connectivity index (χ3n) is 5.15. The molecule has 1 fully saturated rings. The van der Waals surface area contributed by atoms with Crippen LogP contribution in [0, 0.1) is 28.6 Å². The zero-order chi connectivity index (χ0) is 12.8. The molecule has 0 N–H and O–H groups in total. The van der Waals surface area contributed by atoms with Gasteiger partial charge in [0.25, 0.3) is 0 Å². The Morgan fingerprint density at radius 1 is 1.22 bits per heavy atom. The minimum Gasteiger partial charge on any atom is -0.198 e. The second kappa shape index (κ2) is 6.41. The van der Waals surface area contributed by atoms with Crippen LogP contribution in [0.4, 0.5) is 0 Å². The molecular formula is C17H27N. The van der Waals surface area contributed by atoms with E-state index in [-0.39, 0.29) is 5.41 Å². The lowest BCUT2D eigenvalue weighted by Gasteiger charge is -2.40. The van der Waals surface area contributed by atoms with Crippen molar-refractivity contribution >= 4 is 0 Å². The highest BCUT2D eigenvalue weighted by Gasteiger charge is 2.41. The van der Waals surface area contributed by atoms with Crippen LogP contribution >= 0.6 is 0 Å². The van der Waals surface area contributed by atoms with E-state index in [0.717, 1.165) is 18.8 Å². The molecule has 0 aromatic heterocycles. The monoisotopic (exact) mass is 245 g/mol. The fourth-order valence-corrected chi connectivity index (χ4v) is 3.92. The fourth-order valence-electron chi connectivity index (χ4n) is 3.92. The molecule has 2 aliphatic rings. The molecule has 0 aliphatic heterocycles. The van der Waals surface area contributed by atoms with Gasteiger partial charge in [-0.1, -0.05) is 51.2 Å². The van der Waals surface area contributed by atoms with E-state index in [4.69, 9.17) is 0 Å². The number of rotatable bonds is 2. The largest absolute Gasteiger partial charge is 0.198 e. The molecule has 1 heteroatoms. The van der Waals surface area contributed by atoms with Crippen molar-refractivity contribution < 1.29 is 0 Å². The first-order chi connectivity index (χ1) is 8.80. The third-order valence-corrected chi connectivity index (χ3v) is 5.15. The highest BCUT2D eigenvalue weighted by Crippen LogP contribution is 2.48. The predicted octanol–water partition coefficient (Wildman–Crippen LogP) is 5.23. The van der Waals surface area contributed by atoms with Crippen LogP contribution in [0.2, 0.25) is 0 Å². The van der Waals surface area contributed by atoms with Gasteiger partial charge in [0.1, 0.15) is 0 Å². The topological polar surface area (TPSA) is 23.8 Å². The van der Waals surface area contributed by atoms with Gasteiger partial charge in [0, 0.05) is 0 Å². The molecule has 3 unspecified atom stereocenters. The molecule has 0 spiro atoms. The Bertz CT molecular complexity index is 325. The molecule has 1 nitrogen and oxygen atoms in total. The van der Waals surface area contributed by atoms with Crippen LogP contribution in [0.25, 0.3) is 0 Å². The van der Waals surface area contributed by atoms with Crippen molar-refractivity contribution in [2.75, 3.05) is 0 Å². The number of allylic oxidation sites excluding steroid dienone is 2. The first-order valence-electron chi connectivity index (χ1n) is 7.88. The number of hydrogen-bond acceptors (Lipinski definition) is 1. The summed E-state index contributed by atoms with van der Waals surface area (Å²) in [7, 11) is 0. The van der Waals surface area contributed by atoms with Crippen molar-refractivity contribution in [2.24, 2.45) is 17.3 Å². The van der Waals surface area contributed by atoms with Crippen LogP contribution in [0.15, 0.2) is 12.2 Å². The molecule has 1 saturated carbocycles. The quantitative estimate of drug-likeness (QED) is 0.611. The predicted molar refractivity (Wildman–Crippen MR) is 76.0 cm³/mol. The molecule has 0 aromatic carbocycles. The Morgan fingerprint density at radius 3 is 2.89 bits per heavy atom. The van der Waals surface area contributed by atoms with Crippen LogP contribution in [0.3, 0.4) is 0 Å². The van der Waals surface area contributed by atoms with Gasteiger partial charge in [-0.3, -0.25) is 0 Å². The van der Waals surface area contributed by atoms with E-state index in [1.807, 2.05) is 0 Å². The lowest BCUT2D eigenvalue weighted by atomic mass is 9.62. The number of hydrogen-bond donors (Lipinski definition) is 0. The van der Waals surface area contributed by atoms with Crippen molar-refractivity contribution in [3.05, 3.63) is 12.2 Å². The van der Waals surface area contributed by atoms with Crippen molar-refractivity contribution in [1.29, 1.82) is 5.26 Å². The van der Waals surface area contributed by atoms with Gasteiger partial charge < -0.3 is 0 Å². The zero-order valence-corrected chi connectivity index (χ0v) is 11.8. The zero-order valence-electron chi connectivity index (χ0n) is 11.8. The van der Waals surface area contributed by atoms with Gasteiger partial charge in [-0.2, -0.15) is 5.26 Å². The van der Waals surface area contributed by atoms with E-state index < -0.39 is 0 Å². The van der Waals surface area contributed by atoms with Crippen molar-refractivity contribution in [1.82, 2.24) is 0 Å². The minimum absolute atomic E-state index is 0.0350. The highest BCUT2D eigenvalue weighted by atomic mass is 14.5. The SMILES string of the molecule is CCC1CCCC(C#N)(C2/C=C/CCCCC2)C1. The normalized spacial score (nSPS) is 39.3. The summed E-state index contributed by atoms with van der Waals surface area (Å²) in [4.78, 5) is 0. The van der Waals surface area contributed by atoms with Crippen LogP contribution < -0.4 is 0 Å². The molecule has 2 aliphatic carbocycles. The first kappa shape index (κ1) is 13.7. The van der Waals surface area contributed by atoms with Gasteiger partial charge in [-0.25, -0.2) is 0 Å². The van der Waals surface area contributed by atoms with E-state index in [2.05, 4.69) is 25.1 Å². The lowest BCUT2D eigenvalue weighted by Crippen LogP contribution is -2.34. The van der Waals surface area contributed by atoms with E-state index in [1.165, 1.54) is 51.4 Å². The molecule has 0 aromatic rings. The summed E-state index contributed by atoms with van der Waals surface area (Å²) in [5.41, 5.74) is -0.0350. The van der Waals surface area contributed by atoms with Crippen LogP contribution in [0.5, 0.6) is 0 Å². The van der Waals surface area contributed by atoms with Gasteiger partial charge in [0.05, 0.1) is 11.5 Å². The van der Waals surface area contributed by atoms with Crippen molar-refractivity contribution in [3.8, 4) is 6.07 Å².